The standard InChI is InChI=1S/C52H72N14O10S2/c1-4-6-17-36(59-30(3)67)44(68)65-42-27-77-78-28-43(51(75)76)66-46(70)37(18-7-5-2)60-48(72)40(23-32-25-57-35-19-12-11-16-34(32)35)63-45(69)38(20-13-21-56-52(53)54)61-47(71)39(22-31-14-9-8-10-15-31)62-49(73)41(64-50(42)74)24-33-26-55-29-58-33/h8-12,14-16,19,25-26,29,36-43,57H,4-7,13,17-18,20-24,27-28H2,1-3H3,(H,55,58)(H,59,67)(H,60,72)(H,61,71)(H,62,73)(H,63,69)(H,64,74)(H,65,68)(H,66,70)(H,75,76)(H4,53,54,56)/t36-,37-,38-,39+,40-,41-,42-,43-/m0/s1. The van der Waals surface area contributed by atoms with E-state index in [0.29, 0.717) is 42.5 Å². The quantitative estimate of drug-likeness (QED) is 0.0254. The summed E-state index contributed by atoms with van der Waals surface area (Å²) in [5, 5.41) is 43.2. The van der Waals surface area contributed by atoms with E-state index in [4.69, 9.17) is 11.1 Å². The SMILES string of the molecule is CCCC[C@H](NC(C)=O)C(=O)N[C@H]1CSSC[C@@H](C(=O)O)NC(=O)[C@H](CCCC)NC(=O)[C@H](Cc2c[nH]c3ccccc23)NC(=O)[C@H](CCCNC(=N)N)NC(=O)[C@@H](Cc2ccccc2)NC(=O)[C@H](Cc2c[nH]cn2)NC1=O. The summed E-state index contributed by atoms with van der Waals surface area (Å²) in [4.78, 5) is 137. The molecule has 8 amide bonds. The average Bonchev–Trinajstić information content (AvgIpc) is 4.10. The zero-order valence-electron chi connectivity index (χ0n) is 43.9. The molecule has 8 atom stereocenters. The van der Waals surface area contributed by atoms with Gasteiger partial charge in [0, 0.05) is 67.5 Å². The summed E-state index contributed by atoms with van der Waals surface area (Å²) in [5.74, 6) is -8.23. The van der Waals surface area contributed by atoms with Gasteiger partial charge in [0.1, 0.15) is 48.3 Å². The molecule has 78 heavy (non-hydrogen) atoms. The molecule has 0 aliphatic carbocycles. The van der Waals surface area contributed by atoms with Crippen LogP contribution in [0.3, 0.4) is 0 Å². The van der Waals surface area contributed by atoms with Crippen LogP contribution in [0, 0.1) is 5.41 Å². The van der Waals surface area contributed by atoms with Crippen molar-refractivity contribution in [1.29, 1.82) is 5.41 Å². The number of rotatable bonds is 20. The lowest BCUT2D eigenvalue weighted by Crippen LogP contribution is -2.61. The first-order valence-electron chi connectivity index (χ1n) is 26.0. The highest BCUT2D eigenvalue weighted by atomic mass is 33.1. The van der Waals surface area contributed by atoms with E-state index in [1.807, 2.05) is 38.1 Å². The molecular weight excluding hydrogens is 1040 g/mol. The fraction of sp³-hybridized carbons (Fsp3) is 0.481. The van der Waals surface area contributed by atoms with Gasteiger partial charge in [0.25, 0.3) is 0 Å². The molecule has 1 aliphatic rings. The van der Waals surface area contributed by atoms with Crippen LogP contribution in [-0.2, 0) is 62.4 Å². The van der Waals surface area contributed by atoms with Crippen molar-refractivity contribution >= 4 is 91.7 Å². The van der Waals surface area contributed by atoms with Gasteiger partial charge in [-0.2, -0.15) is 0 Å². The fourth-order valence-corrected chi connectivity index (χ4v) is 10.8. The van der Waals surface area contributed by atoms with Crippen LogP contribution in [0.2, 0.25) is 0 Å². The Hall–Kier alpha value is -7.61. The van der Waals surface area contributed by atoms with E-state index in [2.05, 4.69) is 62.8 Å². The second-order valence-corrected chi connectivity index (χ2v) is 21.4. The van der Waals surface area contributed by atoms with E-state index in [1.54, 1.807) is 36.5 Å². The molecule has 0 unspecified atom stereocenters. The Balaban J connectivity index is 1.60. The zero-order chi connectivity index (χ0) is 56.6. The molecule has 24 nitrogen and oxygen atoms in total. The molecule has 5 rings (SSSR count). The molecule has 4 aromatic rings. The van der Waals surface area contributed by atoms with E-state index in [1.165, 1.54) is 19.4 Å². The number of aromatic nitrogens is 3. The first kappa shape index (κ1) is 61.2. The van der Waals surface area contributed by atoms with Crippen LogP contribution in [0.5, 0.6) is 0 Å². The molecule has 3 heterocycles. The summed E-state index contributed by atoms with van der Waals surface area (Å²) in [6.07, 6.45) is 6.94. The molecule has 0 saturated carbocycles. The van der Waals surface area contributed by atoms with Crippen molar-refractivity contribution in [3.63, 3.8) is 0 Å². The number of amides is 8. The molecule has 0 bridgehead atoms. The van der Waals surface area contributed by atoms with Gasteiger partial charge in [-0.25, -0.2) is 9.78 Å². The number of fused-ring (bicyclic) bond motifs is 1. The number of nitrogens with zero attached hydrogens (tertiary/aromatic N) is 1. The molecule has 0 radical (unpaired) electrons. The van der Waals surface area contributed by atoms with Gasteiger partial charge < -0.3 is 68.7 Å². The number of aromatic amines is 2. The molecule has 15 N–H and O–H groups in total. The van der Waals surface area contributed by atoms with Crippen molar-refractivity contribution in [3.8, 4) is 0 Å². The maximum atomic E-state index is 14.8. The minimum absolute atomic E-state index is 0.0639. The Bertz CT molecular complexity index is 2680. The number of carbonyl (C=O) groups is 9. The highest BCUT2D eigenvalue weighted by Gasteiger charge is 2.36. The summed E-state index contributed by atoms with van der Waals surface area (Å²) in [5.41, 5.74) is 7.90. The normalized spacial score (nSPS) is 21.8. The predicted octanol–water partition coefficient (Wildman–Crippen LogP) is 0.940. The van der Waals surface area contributed by atoms with Gasteiger partial charge >= 0.3 is 5.97 Å². The number of H-pyrrole nitrogens is 2. The van der Waals surface area contributed by atoms with Crippen molar-refractivity contribution in [2.75, 3.05) is 18.1 Å². The second kappa shape index (κ2) is 31.6. The zero-order valence-corrected chi connectivity index (χ0v) is 45.5. The van der Waals surface area contributed by atoms with Crippen molar-refractivity contribution in [3.05, 3.63) is 90.1 Å². The number of carboxylic acids is 1. The fourth-order valence-electron chi connectivity index (χ4n) is 8.50. The van der Waals surface area contributed by atoms with Gasteiger partial charge in [-0.3, -0.25) is 43.8 Å². The number of hydrogen-bond donors (Lipinski definition) is 14. The third-order valence-electron chi connectivity index (χ3n) is 12.7. The van der Waals surface area contributed by atoms with Crippen LogP contribution in [0.15, 0.2) is 73.3 Å². The molecule has 422 valence electrons. The Morgan fingerprint density at radius 2 is 1.29 bits per heavy atom. The molecule has 1 saturated heterocycles. The summed E-state index contributed by atoms with van der Waals surface area (Å²) in [6, 6.07) is 5.27. The van der Waals surface area contributed by atoms with E-state index >= 15 is 0 Å². The van der Waals surface area contributed by atoms with Crippen molar-refractivity contribution in [2.45, 2.75) is 140 Å². The van der Waals surface area contributed by atoms with Crippen molar-refractivity contribution in [2.24, 2.45) is 5.73 Å². The lowest BCUT2D eigenvalue weighted by Gasteiger charge is -2.28. The molecular formula is C52H72N14O10S2. The number of nitrogens with one attached hydrogen (secondary N) is 12. The van der Waals surface area contributed by atoms with Gasteiger partial charge in [-0.1, -0.05) is 110 Å². The molecule has 0 spiro atoms. The van der Waals surface area contributed by atoms with Crippen LogP contribution in [-0.4, -0.2) is 146 Å². The first-order valence-corrected chi connectivity index (χ1v) is 28.5. The number of nitrogens with two attached hydrogens (primary N) is 1. The van der Waals surface area contributed by atoms with E-state index in [9.17, 15) is 48.3 Å². The molecule has 1 aliphatic heterocycles. The minimum atomic E-state index is -1.51. The average molecular weight is 1120 g/mol. The second-order valence-electron chi connectivity index (χ2n) is 18.9. The number of unbranched alkanes of at least 4 members (excludes halogenated alkanes) is 2. The van der Waals surface area contributed by atoms with Crippen LogP contribution in [0.4, 0.5) is 0 Å². The van der Waals surface area contributed by atoms with Gasteiger partial charge in [-0.15, -0.1) is 0 Å². The number of guanidine groups is 1. The molecule has 26 heteroatoms. The summed E-state index contributed by atoms with van der Waals surface area (Å²) in [6.45, 7) is 5.15. The maximum Gasteiger partial charge on any atom is 0.327 e. The van der Waals surface area contributed by atoms with Crippen LogP contribution in [0.25, 0.3) is 10.9 Å². The summed E-state index contributed by atoms with van der Waals surface area (Å²) >= 11 is 0. The Labute approximate surface area is 460 Å². The minimum Gasteiger partial charge on any atom is -0.480 e. The Morgan fingerprint density at radius 1 is 0.718 bits per heavy atom. The van der Waals surface area contributed by atoms with Crippen LogP contribution < -0.4 is 53.6 Å². The van der Waals surface area contributed by atoms with Gasteiger partial charge in [-0.05, 0) is 42.9 Å². The smallest absolute Gasteiger partial charge is 0.327 e. The summed E-state index contributed by atoms with van der Waals surface area (Å²) < 4.78 is 0. The number of carbonyl (C=O) groups excluding carboxylic acids is 8. The number of imidazole rings is 1. The summed E-state index contributed by atoms with van der Waals surface area (Å²) in [7, 11) is 1.98. The third-order valence-corrected chi connectivity index (χ3v) is 15.1. The van der Waals surface area contributed by atoms with Gasteiger partial charge in [0.2, 0.25) is 47.3 Å². The number of benzene rings is 2. The molecule has 2 aromatic heterocycles. The van der Waals surface area contributed by atoms with E-state index in [0.717, 1.165) is 32.5 Å². The topological polar surface area (TPSA) is 376 Å². The van der Waals surface area contributed by atoms with Crippen molar-refractivity contribution < 1.29 is 48.3 Å². The number of aliphatic carboxylic acids is 1. The van der Waals surface area contributed by atoms with Gasteiger partial charge in [0.15, 0.2) is 5.96 Å². The first-order chi connectivity index (χ1) is 37.5. The Kier molecular flexibility index (Phi) is 24.8. The number of hydrogen-bond acceptors (Lipinski definition) is 13. The largest absolute Gasteiger partial charge is 0.480 e. The highest BCUT2D eigenvalue weighted by Crippen LogP contribution is 2.24. The van der Waals surface area contributed by atoms with Crippen LogP contribution in [0.1, 0.15) is 89.0 Å². The van der Waals surface area contributed by atoms with Crippen LogP contribution >= 0.6 is 21.6 Å². The third kappa shape index (κ3) is 19.8. The predicted molar refractivity (Wildman–Crippen MR) is 296 cm³/mol. The maximum absolute atomic E-state index is 14.8. The molecule has 2 aromatic carbocycles. The highest BCUT2D eigenvalue weighted by molar-refractivity contribution is 8.76. The van der Waals surface area contributed by atoms with Gasteiger partial charge in [0.05, 0.1) is 12.0 Å². The lowest BCUT2D eigenvalue weighted by atomic mass is 10.0. The monoisotopic (exact) mass is 1120 g/mol. The number of para-hydroxylation sites is 1. The molecule has 1 fully saturated rings. The lowest BCUT2D eigenvalue weighted by molar-refractivity contribution is -0.141. The van der Waals surface area contributed by atoms with E-state index in [-0.39, 0.29) is 69.0 Å². The van der Waals surface area contributed by atoms with E-state index < -0.39 is 102 Å². The Morgan fingerprint density at radius 3 is 1.92 bits per heavy atom. The van der Waals surface area contributed by atoms with Crippen molar-refractivity contribution in [1.82, 2.24) is 62.8 Å². The number of carboxylic acid groups (broad SMARTS) is 1.